The van der Waals surface area contributed by atoms with E-state index in [0.717, 1.165) is 0 Å². The number of aromatic carboxylic acids is 1. The zero-order valence-electron chi connectivity index (χ0n) is 16.1. The maximum Gasteiger partial charge on any atom is 0.253 e. The SMILES string of the molecule is COc1ccc(S(=O)(=O)N2CCN(C(=O)c3cccc(C(=O)[O-])c3)CC2)c(C)c1. The van der Waals surface area contributed by atoms with Crippen molar-refractivity contribution in [1.82, 2.24) is 9.21 Å². The molecule has 0 radical (unpaired) electrons. The van der Waals surface area contributed by atoms with Crippen LogP contribution >= 0.6 is 0 Å². The average Bonchev–Trinajstić information content (AvgIpc) is 2.73. The highest BCUT2D eigenvalue weighted by atomic mass is 32.2. The summed E-state index contributed by atoms with van der Waals surface area (Å²) in [5.74, 6) is -1.12. The molecule has 1 amide bonds. The highest BCUT2D eigenvalue weighted by molar-refractivity contribution is 7.89. The first-order valence-electron chi connectivity index (χ1n) is 8.99. The number of piperazine rings is 1. The molecule has 1 aliphatic heterocycles. The molecule has 0 bridgehead atoms. The number of benzene rings is 2. The molecule has 1 heterocycles. The topological polar surface area (TPSA) is 107 Å². The highest BCUT2D eigenvalue weighted by Crippen LogP contribution is 2.25. The number of sulfonamides is 1. The number of rotatable bonds is 5. The molecule has 9 heteroatoms. The van der Waals surface area contributed by atoms with Crippen molar-refractivity contribution < 1.29 is 27.9 Å². The molecule has 1 fully saturated rings. The first-order chi connectivity index (χ1) is 13.7. The quantitative estimate of drug-likeness (QED) is 0.702. The number of carbonyl (C=O) groups is 2. The van der Waals surface area contributed by atoms with Crippen molar-refractivity contribution in [2.24, 2.45) is 0 Å². The number of nitrogens with zero attached hydrogens (tertiary/aromatic N) is 2. The molecule has 0 unspecified atom stereocenters. The third-order valence-electron chi connectivity index (χ3n) is 4.87. The fourth-order valence-corrected chi connectivity index (χ4v) is 4.90. The van der Waals surface area contributed by atoms with Gasteiger partial charge < -0.3 is 19.5 Å². The van der Waals surface area contributed by atoms with Gasteiger partial charge in [0.2, 0.25) is 10.0 Å². The zero-order chi connectivity index (χ0) is 21.2. The van der Waals surface area contributed by atoms with Crippen LogP contribution in [0.4, 0.5) is 0 Å². The second-order valence-corrected chi connectivity index (χ2v) is 8.60. The van der Waals surface area contributed by atoms with Crippen LogP contribution in [0, 0.1) is 6.92 Å². The van der Waals surface area contributed by atoms with E-state index in [1.54, 1.807) is 19.1 Å². The molecule has 3 rings (SSSR count). The minimum atomic E-state index is -3.70. The Hall–Kier alpha value is -2.91. The van der Waals surface area contributed by atoms with Crippen LogP contribution in [0.3, 0.4) is 0 Å². The van der Waals surface area contributed by atoms with E-state index in [9.17, 15) is 23.1 Å². The number of methoxy groups -OCH3 is 1. The van der Waals surface area contributed by atoms with E-state index in [-0.39, 0.29) is 48.1 Å². The number of hydrogen-bond donors (Lipinski definition) is 0. The number of ether oxygens (including phenoxy) is 1. The van der Waals surface area contributed by atoms with Crippen LogP contribution in [0.15, 0.2) is 47.4 Å². The molecule has 1 saturated heterocycles. The van der Waals surface area contributed by atoms with E-state index in [1.807, 2.05) is 0 Å². The lowest BCUT2D eigenvalue weighted by molar-refractivity contribution is -0.255. The largest absolute Gasteiger partial charge is 0.545 e. The monoisotopic (exact) mass is 417 g/mol. The van der Waals surface area contributed by atoms with Crippen LogP contribution in [0.5, 0.6) is 5.75 Å². The van der Waals surface area contributed by atoms with Gasteiger partial charge in [0.1, 0.15) is 5.75 Å². The molecule has 0 atom stereocenters. The fourth-order valence-electron chi connectivity index (χ4n) is 3.27. The molecule has 2 aromatic rings. The first kappa shape index (κ1) is 20.8. The van der Waals surface area contributed by atoms with Gasteiger partial charge in [0, 0.05) is 31.7 Å². The van der Waals surface area contributed by atoms with Crippen LogP contribution in [0.25, 0.3) is 0 Å². The third kappa shape index (κ3) is 4.25. The number of carbonyl (C=O) groups excluding carboxylic acids is 2. The molecule has 0 aliphatic carbocycles. The zero-order valence-corrected chi connectivity index (χ0v) is 16.9. The van der Waals surface area contributed by atoms with Crippen molar-refractivity contribution in [3.8, 4) is 5.75 Å². The Bertz CT molecular complexity index is 1040. The lowest BCUT2D eigenvalue weighted by Crippen LogP contribution is -2.50. The number of amides is 1. The summed E-state index contributed by atoms with van der Waals surface area (Å²) in [5.41, 5.74) is 0.739. The van der Waals surface area contributed by atoms with Gasteiger partial charge in [0.25, 0.3) is 5.91 Å². The molecule has 154 valence electrons. The molecule has 29 heavy (non-hydrogen) atoms. The van der Waals surface area contributed by atoms with Gasteiger partial charge in [-0.15, -0.1) is 0 Å². The Kier molecular flexibility index (Phi) is 5.90. The summed E-state index contributed by atoms with van der Waals surface area (Å²) in [5, 5.41) is 11.0. The minimum absolute atomic E-state index is 0.0768. The van der Waals surface area contributed by atoms with Crippen molar-refractivity contribution >= 4 is 21.9 Å². The molecule has 2 aromatic carbocycles. The summed E-state index contributed by atoms with van der Waals surface area (Å²) >= 11 is 0. The Morgan fingerprint density at radius 3 is 2.24 bits per heavy atom. The minimum Gasteiger partial charge on any atom is -0.545 e. The molecule has 0 saturated carbocycles. The van der Waals surface area contributed by atoms with Crippen molar-refractivity contribution in [3.05, 3.63) is 59.2 Å². The van der Waals surface area contributed by atoms with Gasteiger partial charge in [0.05, 0.1) is 18.0 Å². The normalized spacial score (nSPS) is 15.2. The van der Waals surface area contributed by atoms with Gasteiger partial charge in [-0.1, -0.05) is 12.1 Å². The maximum absolute atomic E-state index is 13.0. The van der Waals surface area contributed by atoms with E-state index >= 15 is 0 Å². The van der Waals surface area contributed by atoms with Crippen LogP contribution in [-0.2, 0) is 10.0 Å². The molecule has 0 N–H and O–H groups in total. The van der Waals surface area contributed by atoms with Crippen LogP contribution in [-0.4, -0.2) is 62.8 Å². The average molecular weight is 417 g/mol. The molecular weight excluding hydrogens is 396 g/mol. The van der Waals surface area contributed by atoms with Crippen LogP contribution in [0.2, 0.25) is 0 Å². The maximum atomic E-state index is 13.0. The molecule has 0 spiro atoms. The number of carboxylic acids is 1. The second-order valence-electron chi connectivity index (χ2n) is 6.70. The number of carboxylic acid groups (broad SMARTS) is 1. The lowest BCUT2D eigenvalue weighted by atomic mass is 10.1. The van der Waals surface area contributed by atoms with Crippen LogP contribution in [0.1, 0.15) is 26.3 Å². The summed E-state index contributed by atoms with van der Waals surface area (Å²) in [6, 6.07) is 10.4. The fraction of sp³-hybridized carbons (Fsp3) is 0.300. The lowest BCUT2D eigenvalue weighted by Gasteiger charge is -2.34. The summed E-state index contributed by atoms with van der Waals surface area (Å²) in [4.78, 5) is 25.4. The smallest absolute Gasteiger partial charge is 0.253 e. The van der Waals surface area contributed by atoms with Crippen molar-refractivity contribution in [2.75, 3.05) is 33.3 Å². The summed E-state index contributed by atoms with van der Waals surface area (Å²) in [7, 11) is -2.18. The highest BCUT2D eigenvalue weighted by Gasteiger charge is 2.31. The summed E-state index contributed by atoms with van der Waals surface area (Å²) < 4.78 is 32.4. The van der Waals surface area contributed by atoms with Gasteiger partial charge in [-0.2, -0.15) is 4.31 Å². The molecule has 8 nitrogen and oxygen atoms in total. The Balaban J connectivity index is 1.72. The predicted molar refractivity (Wildman–Crippen MR) is 103 cm³/mol. The summed E-state index contributed by atoms with van der Waals surface area (Å²) in [6.07, 6.45) is 0. The van der Waals surface area contributed by atoms with E-state index in [1.165, 1.54) is 46.6 Å². The van der Waals surface area contributed by atoms with Gasteiger partial charge in [-0.3, -0.25) is 4.79 Å². The van der Waals surface area contributed by atoms with Gasteiger partial charge >= 0.3 is 0 Å². The molecule has 0 aromatic heterocycles. The van der Waals surface area contributed by atoms with Gasteiger partial charge in [-0.25, -0.2) is 8.42 Å². The Morgan fingerprint density at radius 2 is 1.66 bits per heavy atom. The predicted octanol–water partition coefficient (Wildman–Crippen LogP) is 0.514. The van der Waals surface area contributed by atoms with Crippen LogP contribution < -0.4 is 9.84 Å². The van der Waals surface area contributed by atoms with Crippen molar-refractivity contribution in [1.29, 1.82) is 0 Å². The standard InChI is InChI=1S/C20H22N2O6S/c1-14-12-17(28-2)6-7-18(14)29(26,27)22-10-8-21(9-11-22)19(23)15-4-3-5-16(13-15)20(24)25/h3-7,12-13H,8-11H2,1-2H3,(H,24,25)/p-1. The Labute approximate surface area is 169 Å². The second kappa shape index (κ2) is 8.22. The number of aryl methyl sites for hydroxylation is 1. The molecule has 1 aliphatic rings. The van der Waals surface area contributed by atoms with Crippen molar-refractivity contribution in [3.63, 3.8) is 0 Å². The first-order valence-corrected chi connectivity index (χ1v) is 10.4. The summed E-state index contributed by atoms with van der Waals surface area (Å²) in [6.45, 7) is 2.44. The van der Waals surface area contributed by atoms with Crippen molar-refractivity contribution in [2.45, 2.75) is 11.8 Å². The van der Waals surface area contributed by atoms with E-state index in [2.05, 4.69) is 0 Å². The van der Waals surface area contributed by atoms with E-state index in [4.69, 9.17) is 4.74 Å². The molecular formula is C20H21N2O6S-. The Morgan fingerprint density at radius 1 is 1.00 bits per heavy atom. The van der Waals surface area contributed by atoms with Gasteiger partial charge in [0.15, 0.2) is 0 Å². The third-order valence-corrected chi connectivity index (χ3v) is 6.93. The number of hydrogen-bond acceptors (Lipinski definition) is 6. The van der Waals surface area contributed by atoms with Gasteiger partial charge in [-0.05, 0) is 48.4 Å². The van der Waals surface area contributed by atoms with E-state index in [0.29, 0.717) is 11.3 Å². The van der Waals surface area contributed by atoms with E-state index < -0.39 is 16.0 Å².